The average molecular weight is 290 g/mol. The van der Waals surface area contributed by atoms with E-state index in [2.05, 4.69) is 16.5 Å². The van der Waals surface area contributed by atoms with E-state index in [1.807, 2.05) is 18.5 Å². The molecule has 5 nitrogen and oxygen atoms in total. The number of nitrogens with zero attached hydrogens (tertiary/aromatic N) is 2. The SMILES string of the molecule is CCCn1cncc1COc1cc(OC)ccc1[C@@H](C)O. The number of benzene rings is 1. The molecule has 0 saturated heterocycles. The fourth-order valence-corrected chi connectivity index (χ4v) is 2.17. The highest BCUT2D eigenvalue weighted by Crippen LogP contribution is 2.30. The molecule has 1 aromatic heterocycles. The van der Waals surface area contributed by atoms with Gasteiger partial charge in [0, 0.05) is 18.2 Å². The van der Waals surface area contributed by atoms with Gasteiger partial charge in [0.1, 0.15) is 18.1 Å². The van der Waals surface area contributed by atoms with E-state index in [0.717, 1.165) is 24.2 Å². The molecule has 0 unspecified atom stereocenters. The zero-order chi connectivity index (χ0) is 15.2. The minimum Gasteiger partial charge on any atom is -0.497 e. The van der Waals surface area contributed by atoms with E-state index in [9.17, 15) is 5.11 Å². The van der Waals surface area contributed by atoms with Gasteiger partial charge in [-0.1, -0.05) is 6.92 Å². The van der Waals surface area contributed by atoms with Crippen molar-refractivity contribution in [3.63, 3.8) is 0 Å². The molecule has 1 atom stereocenters. The maximum atomic E-state index is 9.83. The van der Waals surface area contributed by atoms with Crippen LogP contribution in [0.3, 0.4) is 0 Å². The predicted molar refractivity (Wildman–Crippen MR) is 80.5 cm³/mol. The Balaban J connectivity index is 2.16. The van der Waals surface area contributed by atoms with Gasteiger partial charge in [-0.15, -0.1) is 0 Å². The van der Waals surface area contributed by atoms with Crippen LogP contribution in [-0.2, 0) is 13.2 Å². The largest absolute Gasteiger partial charge is 0.497 e. The fourth-order valence-electron chi connectivity index (χ4n) is 2.17. The van der Waals surface area contributed by atoms with Crippen molar-refractivity contribution in [2.75, 3.05) is 7.11 Å². The number of aliphatic hydroxyl groups is 1. The molecular weight excluding hydrogens is 268 g/mol. The molecule has 0 bridgehead atoms. The van der Waals surface area contributed by atoms with Crippen LogP contribution in [0, 0.1) is 0 Å². The van der Waals surface area contributed by atoms with Gasteiger partial charge in [0.25, 0.3) is 0 Å². The van der Waals surface area contributed by atoms with Crippen LogP contribution < -0.4 is 9.47 Å². The molecule has 0 fully saturated rings. The van der Waals surface area contributed by atoms with Gasteiger partial charge in [-0.2, -0.15) is 0 Å². The van der Waals surface area contributed by atoms with E-state index in [1.165, 1.54) is 0 Å². The first-order chi connectivity index (χ1) is 10.2. The Hall–Kier alpha value is -2.01. The van der Waals surface area contributed by atoms with Crippen molar-refractivity contribution in [3.8, 4) is 11.5 Å². The third kappa shape index (κ3) is 3.76. The summed E-state index contributed by atoms with van der Waals surface area (Å²) >= 11 is 0. The second kappa shape index (κ2) is 7.13. The summed E-state index contributed by atoms with van der Waals surface area (Å²) in [5.41, 5.74) is 1.76. The molecule has 0 spiro atoms. The lowest BCUT2D eigenvalue weighted by atomic mass is 10.1. The molecule has 5 heteroatoms. The molecule has 1 aromatic carbocycles. The zero-order valence-electron chi connectivity index (χ0n) is 12.7. The molecule has 2 aromatic rings. The van der Waals surface area contributed by atoms with Crippen LogP contribution >= 0.6 is 0 Å². The topological polar surface area (TPSA) is 56.5 Å². The molecule has 0 aliphatic carbocycles. The number of rotatable bonds is 7. The van der Waals surface area contributed by atoms with Crippen molar-refractivity contribution < 1.29 is 14.6 Å². The Labute approximate surface area is 125 Å². The molecule has 0 aliphatic heterocycles. The monoisotopic (exact) mass is 290 g/mol. The van der Waals surface area contributed by atoms with Crippen LogP contribution in [0.1, 0.15) is 37.6 Å². The summed E-state index contributed by atoms with van der Waals surface area (Å²) in [6.07, 6.45) is 4.06. The number of aromatic nitrogens is 2. The van der Waals surface area contributed by atoms with E-state index >= 15 is 0 Å². The van der Waals surface area contributed by atoms with Gasteiger partial charge >= 0.3 is 0 Å². The molecular formula is C16H22N2O3. The number of imidazole rings is 1. The van der Waals surface area contributed by atoms with Crippen molar-refractivity contribution in [1.82, 2.24) is 9.55 Å². The zero-order valence-corrected chi connectivity index (χ0v) is 12.7. The van der Waals surface area contributed by atoms with Gasteiger partial charge in [-0.3, -0.25) is 0 Å². The normalized spacial score (nSPS) is 12.2. The van der Waals surface area contributed by atoms with Gasteiger partial charge in [0.15, 0.2) is 0 Å². The van der Waals surface area contributed by atoms with Crippen molar-refractivity contribution in [3.05, 3.63) is 42.0 Å². The summed E-state index contributed by atoms with van der Waals surface area (Å²) in [4.78, 5) is 4.15. The summed E-state index contributed by atoms with van der Waals surface area (Å²) in [5.74, 6) is 1.34. The first-order valence-electron chi connectivity index (χ1n) is 7.13. The minimum absolute atomic E-state index is 0.410. The number of aliphatic hydroxyl groups excluding tert-OH is 1. The Morgan fingerprint density at radius 2 is 2.19 bits per heavy atom. The molecule has 1 heterocycles. The minimum atomic E-state index is -0.591. The third-order valence-corrected chi connectivity index (χ3v) is 3.31. The Morgan fingerprint density at radius 1 is 1.38 bits per heavy atom. The summed E-state index contributed by atoms with van der Waals surface area (Å²) in [5, 5.41) is 9.83. The van der Waals surface area contributed by atoms with Gasteiger partial charge in [0.2, 0.25) is 0 Å². The quantitative estimate of drug-likeness (QED) is 0.852. The van der Waals surface area contributed by atoms with Crippen molar-refractivity contribution in [1.29, 1.82) is 0 Å². The van der Waals surface area contributed by atoms with E-state index in [0.29, 0.717) is 18.1 Å². The number of methoxy groups -OCH3 is 1. The standard InChI is InChI=1S/C16H22N2O3/c1-4-7-18-11-17-9-13(18)10-21-16-8-14(20-3)5-6-15(16)12(2)19/h5-6,8-9,11-12,19H,4,7,10H2,1-3H3/t12-/m1/s1. The highest BCUT2D eigenvalue weighted by atomic mass is 16.5. The average Bonchev–Trinajstić information content (AvgIpc) is 2.92. The van der Waals surface area contributed by atoms with Crippen LogP contribution in [0.25, 0.3) is 0 Å². The smallest absolute Gasteiger partial charge is 0.130 e. The molecule has 21 heavy (non-hydrogen) atoms. The molecule has 1 N–H and O–H groups in total. The Morgan fingerprint density at radius 3 is 2.86 bits per heavy atom. The van der Waals surface area contributed by atoms with E-state index in [4.69, 9.17) is 9.47 Å². The van der Waals surface area contributed by atoms with Gasteiger partial charge in [-0.25, -0.2) is 4.98 Å². The molecule has 0 radical (unpaired) electrons. The number of aryl methyl sites for hydroxylation is 1. The lowest BCUT2D eigenvalue weighted by molar-refractivity contribution is 0.189. The predicted octanol–water partition coefficient (Wildman–Crippen LogP) is 2.93. The molecule has 2 rings (SSSR count). The molecule has 0 aliphatic rings. The van der Waals surface area contributed by atoms with Gasteiger partial charge in [0.05, 0.1) is 31.4 Å². The number of hydrogen-bond acceptors (Lipinski definition) is 4. The Kier molecular flexibility index (Phi) is 5.22. The highest BCUT2D eigenvalue weighted by molar-refractivity contribution is 5.41. The summed E-state index contributed by atoms with van der Waals surface area (Å²) < 4.78 is 13.2. The third-order valence-electron chi connectivity index (χ3n) is 3.31. The van der Waals surface area contributed by atoms with E-state index in [1.54, 1.807) is 26.3 Å². The lowest BCUT2D eigenvalue weighted by Crippen LogP contribution is -2.06. The number of hydrogen-bond donors (Lipinski definition) is 1. The maximum Gasteiger partial charge on any atom is 0.130 e. The number of ether oxygens (including phenoxy) is 2. The van der Waals surface area contributed by atoms with Crippen molar-refractivity contribution in [2.24, 2.45) is 0 Å². The highest BCUT2D eigenvalue weighted by Gasteiger charge is 2.12. The molecule has 114 valence electrons. The van der Waals surface area contributed by atoms with Crippen LogP contribution in [0.15, 0.2) is 30.7 Å². The van der Waals surface area contributed by atoms with Crippen LogP contribution in [0.4, 0.5) is 0 Å². The summed E-state index contributed by atoms with van der Waals surface area (Å²) in [6.45, 7) is 5.17. The molecule has 0 amide bonds. The second-order valence-electron chi connectivity index (χ2n) is 4.95. The Bertz CT molecular complexity index is 579. The summed E-state index contributed by atoms with van der Waals surface area (Å²) in [6, 6.07) is 5.43. The van der Waals surface area contributed by atoms with Crippen LogP contribution in [0.2, 0.25) is 0 Å². The first-order valence-corrected chi connectivity index (χ1v) is 7.13. The maximum absolute atomic E-state index is 9.83. The lowest BCUT2D eigenvalue weighted by Gasteiger charge is -2.15. The second-order valence-corrected chi connectivity index (χ2v) is 4.95. The van der Waals surface area contributed by atoms with Crippen LogP contribution in [0.5, 0.6) is 11.5 Å². The first kappa shape index (κ1) is 15.4. The summed E-state index contributed by atoms with van der Waals surface area (Å²) in [7, 11) is 1.61. The van der Waals surface area contributed by atoms with Gasteiger partial charge < -0.3 is 19.1 Å². The molecule has 0 saturated carbocycles. The van der Waals surface area contributed by atoms with E-state index < -0.39 is 6.10 Å². The van der Waals surface area contributed by atoms with Gasteiger partial charge in [-0.05, 0) is 25.5 Å². The van der Waals surface area contributed by atoms with Crippen LogP contribution in [-0.4, -0.2) is 21.8 Å². The van der Waals surface area contributed by atoms with Crippen molar-refractivity contribution >= 4 is 0 Å². The fraction of sp³-hybridized carbons (Fsp3) is 0.438. The van der Waals surface area contributed by atoms with Crippen molar-refractivity contribution in [2.45, 2.75) is 39.5 Å². The van der Waals surface area contributed by atoms with E-state index in [-0.39, 0.29) is 0 Å².